The summed E-state index contributed by atoms with van der Waals surface area (Å²) in [4.78, 5) is 38.7. The van der Waals surface area contributed by atoms with E-state index in [2.05, 4.69) is 5.32 Å². The lowest BCUT2D eigenvalue weighted by Crippen LogP contribution is -2.47. The molecular weight excluding hydrogens is 356 g/mol. The second-order valence-electron chi connectivity index (χ2n) is 7.78. The summed E-state index contributed by atoms with van der Waals surface area (Å²) < 4.78 is 0. The highest BCUT2D eigenvalue weighted by molar-refractivity contribution is 5.89. The number of benzene rings is 2. The average Bonchev–Trinajstić information content (AvgIpc) is 3.56. The number of rotatable bonds is 5. The van der Waals surface area contributed by atoms with Crippen molar-refractivity contribution in [3.63, 3.8) is 0 Å². The first kappa shape index (κ1) is 18.5. The number of carboxylic acids is 1. The van der Waals surface area contributed by atoms with Crippen molar-refractivity contribution in [1.82, 2.24) is 10.2 Å². The molecular formula is C22H24N2O4. The molecule has 146 valence electrons. The number of hydrogen-bond acceptors (Lipinski definition) is 3. The molecule has 1 aliphatic carbocycles. The zero-order chi connectivity index (χ0) is 19.7. The molecule has 2 atom stereocenters. The zero-order valence-corrected chi connectivity index (χ0v) is 15.6. The summed E-state index contributed by atoms with van der Waals surface area (Å²) in [5.41, 5.74) is 0.543. The number of likely N-dealkylation sites (tertiary alicyclic amines) is 1. The first-order chi connectivity index (χ1) is 13.5. The molecule has 6 heteroatoms. The average molecular weight is 380 g/mol. The van der Waals surface area contributed by atoms with Crippen LogP contribution in [-0.2, 0) is 14.4 Å². The van der Waals surface area contributed by atoms with Gasteiger partial charge < -0.3 is 15.3 Å². The monoisotopic (exact) mass is 380 g/mol. The molecule has 1 saturated heterocycles. The van der Waals surface area contributed by atoms with Crippen molar-refractivity contribution in [2.75, 3.05) is 13.1 Å². The van der Waals surface area contributed by atoms with Crippen molar-refractivity contribution in [3.8, 4) is 0 Å². The van der Waals surface area contributed by atoms with Crippen LogP contribution in [0.4, 0.5) is 0 Å². The molecule has 2 aliphatic rings. The minimum absolute atomic E-state index is 0.131. The van der Waals surface area contributed by atoms with Crippen LogP contribution in [-0.4, -0.2) is 40.9 Å². The molecule has 2 aromatic rings. The number of nitrogens with one attached hydrogen (secondary N) is 1. The molecule has 0 aromatic heterocycles. The number of carboxylic acid groups (broad SMARTS) is 1. The van der Waals surface area contributed by atoms with E-state index in [1.165, 1.54) is 0 Å². The summed E-state index contributed by atoms with van der Waals surface area (Å²) in [7, 11) is 0. The highest BCUT2D eigenvalue weighted by Gasteiger charge is 2.37. The van der Waals surface area contributed by atoms with Crippen LogP contribution in [0.25, 0.3) is 10.8 Å². The van der Waals surface area contributed by atoms with Gasteiger partial charge in [0.2, 0.25) is 11.8 Å². The predicted octanol–water partition coefficient (Wildman–Crippen LogP) is 2.73. The van der Waals surface area contributed by atoms with Gasteiger partial charge in [-0.25, -0.2) is 4.79 Å². The minimum Gasteiger partial charge on any atom is -0.479 e. The summed E-state index contributed by atoms with van der Waals surface area (Å²) in [5, 5.41) is 14.3. The van der Waals surface area contributed by atoms with E-state index < -0.39 is 12.0 Å². The number of amides is 2. The minimum atomic E-state index is -1.10. The maximum absolute atomic E-state index is 12.8. The lowest BCUT2D eigenvalue weighted by molar-refractivity contribution is -0.144. The van der Waals surface area contributed by atoms with E-state index in [4.69, 9.17) is 0 Å². The fourth-order valence-electron chi connectivity index (χ4n) is 3.91. The predicted molar refractivity (Wildman–Crippen MR) is 104 cm³/mol. The molecule has 6 nitrogen and oxygen atoms in total. The molecule has 2 unspecified atom stereocenters. The zero-order valence-electron chi connectivity index (χ0n) is 15.6. The molecule has 0 radical (unpaired) electrons. The Hall–Kier alpha value is -2.89. The molecule has 2 fully saturated rings. The fraction of sp³-hybridized carbons (Fsp3) is 0.409. The Morgan fingerprint density at radius 1 is 1.00 bits per heavy atom. The van der Waals surface area contributed by atoms with Crippen LogP contribution in [0, 0.1) is 11.8 Å². The molecule has 2 amide bonds. The largest absolute Gasteiger partial charge is 0.479 e. The Kier molecular flexibility index (Phi) is 5.03. The van der Waals surface area contributed by atoms with Crippen LogP contribution in [0.1, 0.15) is 37.3 Å². The Morgan fingerprint density at radius 3 is 2.46 bits per heavy atom. The number of fused-ring (bicyclic) bond motifs is 1. The van der Waals surface area contributed by atoms with Gasteiger partial charge in [-0.15, -0.1) is 0 Å². The number of hydrogen-bond donors (Lipinski definition) is 2. The van der Waals surface area contributed by atoms with Gasteiger partial charge in [0.25, 0.3) is 0 Å². The van der Waals surface area contributed by atoms with E-state index in [0.717, 1.165) is 30.0 Å². The summed E-state index contributed by atoms with van der Waals surface area (Å²) >= 11 is 0. The number of nitrogens with zero attached hydrogens (tertiary/aromatic N) is 1. The van der Waals surface area contributed by atoms with Crippen molar-refractivity contribution < 1.29 is 19.5 Å². The molecule has 1 saturated carbocycles. The summed E-state index contributed by atoms with van der Waals surface area (Å²) in [5.74, 6) is -1.48. The van der Waals surface area contributed by atoms with Crippen LogP contribution in [0.5, 0.6) is 0 Å². The van der Waals surface area contributed by atoms with E-state index >= 15 is 0 Å². The number of carbonyl (C=O) groups excluding carboxylic acids is 2. The summed E-state index contributed by atoms with van der Waals surface area (Å²) in [6.45, 7) is 1.07. The van der Waals surface area contributed by atoms with E-state index in [1.54, 1.807) is 17.0 Å². The van der Waals surface area contributed by atoms with E-state index in [-0.39, 0.29) is 23.7 Å². The summed E-state index contributed by atoms with van der Waals surface area (Å²) in [6, 6.07) is 12.0. The SMILES string of the molecule is O=C(NC(C(=O)O)c1ccc2ccccc2c1)C1CCCN(C(=O)C2CC2)C1. The Bertz CT molecular complexity index is 922. The quantitative estimate of drug-likeness (QED) is 0.835. The normalized spacial score (nSPS) is 20.6. The topological polar surface area (TPSA) is 86.7 Å². The maximum atomic E-state index is 12.8. The molecule has 2 aromatic carbocycles. The Morgan fingerprint density at radius 2 is 1.75 bits per heavy atom. The second kappa shape index (κ2) is 7.62. The number of carbonyl (C=O) groups is 3. The van der Waals surface area contributed by atoms with Gasteiger partial charge in [0.15, 0.2) is 6.04 Å². The lowest BCUT2D eigenvalue weighted by atomic mass is 9.95. The standard InChI is InChI=1S/C22H24N2O4/c25-20(18-6-3-11-24(13-18)21(26)15-8-9-15)23-19(22(27)28)17-10-7-14-4-1-2-5-16(14)12-17/h1-2,4-5,7,10,12,15,18-19H,3,6,8-9,11,13H2,(H,23,25)(H,27,28). The van der Waals surface area contributed by atoms with Gasteiger partial charge in [-0.05, 0) is 48.1 Å². The highest BCUT2D eigenvalue weighted by Crippen LogP contribution is 2.32. The van der Waals surface area contributed by atoms with Gasteiger partial charge in [-0.2, -0.15) is 0 Å². The third-order valence-electron chi connectivity index (χ3n) is 5.67. The van der Waals surface area contributed by atoms with Gasteiger partial charge in [0.1, 0.15) is 0 Å². The van der Waals surface area contributed by atoms with Crippen LogP contribution in [0.15, 0.2) is 42.5 Å². The third-order valence-corrected chi connectivity index (χ3v) is 5.67. The van der Waals surface area contributed by atoms with Gasteiger partial charge in [0.05, 0.1) is 5.92 Å². The van der Waals surface area contributed by atoms with Crippen molar-refractivity contribution in [2.24, 2.45) is 11.8 Å². The Balaban J connectivity index is 1.48. The first-order valence-electron chi connectivity index (χ1n) is 9.83. The van der Waals surface area contributed by atoms with E-state index in [1.807, 2.05) is 30.3 Å². The summed E-state index contributed by atoms with van der Waals surface area (Å²) in [6.07, 6.45) is 3.32. The van der Waals surface area contributed by atoms with Crippen LogP contribution in [0.3, 0.4) is 0 Å². The number of piperidine rings is 1. The molecule has 1 heterocycles. The molecule has 0 spiro atoms. The van der Waals surface area contributed by atoms with Gasteiger partial charge >= 0.3 is 5.97 Å². The van der Waals surface area contributed by atoms with Crippen molar-refractivity contribution in [2.45, 2.75) is 31.7 Å². The molecule has 1 aliphatic heterocycles. The highest BCUT2D eigenvalue weighted by atomic mass is 16.4. The third kappa shape index (κ3) is 3.86. The van der Waals surface area contributed by atoms with Crippen LogP contribution >= 0.6 is 0 Å². The molecule has 2 N–H and O–H groups in total. The smallest absolute Gasteiger partial charge is 0.330 e. The fourth-order valence-corrected chi connectivity index (χ4v) is 3.91. The second-order valence-corrected chi connectivity index (χ2v) is 7.78. The van der Waals surface area contributed by atoms with Crippen molar-refractivity contribution >= 4 is 28.6 Å². The van der Waals surface area contributed by atoms with Gasteiger partial charge in [0, 0.05) is 19.0 Å². The van der Waals surface area contributed by atoms with E-state index in [0.29, 0.717) is 25.1 Å². The lowest BCUT2D eigenvalue weighted by Gasteiger charge is -2.32. The van der Waals surface area contributed by atoms with Gasteiger partial charge in [-0.3, -0.25) is 9.59 Å². The molecule has 0 bridgehead atoms. The van der Waals surface area contributed by atoms with E-state index in [9.17, 15) is 19.5 Å². The molecule has 4 rings (SSSR count). The molecule has 28 heavy (non-hydrogen) atoms. The van der Waals surface area contributed by atoms with Gasteiger partial charge in [-0.1, -0.05) is 36.4 Å². The van der Waals surface area contributed by atoms with Crippen molar-refractivity contribution in [1.29, 1.82) is 0 Å². The van der Waals surface area contributed by atoms with Crippen molar-refractivity contribution in [3.05, 3.63) is 48.0 Å². The van der Waals surface area contributed by atoms with Crippen LogP contribution in [0.2, 0.25) is 0 Å². The number of aliphatic carboxylic acids is 1. The Labute approximate surface area is 163 Å². The van der Waals surface area contributed by atoms with Crippen LogP contribution < -0.4 is 5.32 Å². The maximum Gasteiger partial charge on any atom is 0.330 e. The first-order valence-corrected chi connectivity index (χ1v) is 9.83.